The van der Waals surface area contributed by atoms with Crippen LogP contribution in [0.4, 0.5) is 0 Å². The van der Waals surface area contributed by atoms with Crippen LogP contribution in [0, 0.1) is 5.41 Å². The highest BCUT2D eigenvalue weighted by molar-refractivity contribution is 5.87. The molecule has 1 unspecified atom stereocenters. The zero-order chi connectivity index (χ0) is 15.9. The Balaban J connectivity index is 2.55. The van der Waals surface area contributed by atoms with Crippen LogP contribution in [0.25, 0.3) is 0 Å². The monoisotopic (exact) mass is 300 g/mol. The van der Waals surface area contributed by atoms with E-state index in [1.54, 1.807) is 6.92 Å². The number of hydrogen-bond donors (Lipinski definition) is 1. The lowest BCUT2D eigenvalue weighted by atomic mass is 9.95. The lowest BCUT2D eigenvalue weighted by molar-refractivity contribution is -0.148. The fourth-order valence-corrected chi connectivity index (χ4v) is 2.00. The van der Waals surface area contributed by atoms with Crippen molar-refractivity contribution in [1.82, 2.24) is 10.2 Å². The van der Waals surface area contributed by atoms with Crippen LogP contribution >= 0.6 is 0 Å². The zero-order valence-corrected chi connectivity index (χ0v) is 13.6. The van der Waals surface area contributed by atoms with Gasteiger partial charge >= 0.3 is 5.97 Å². The minimum atomic E-state index is -0.584. The van der Waals surface area contributed by atoms with E-state index in [4.69, 9.17) is 9.47 Å². The molecule has 1 N–H and O–H groups in total. The number of ether oxygens (including phenoxy) is 2. The van der Waals surface area contributed by atoms with Gasteiger partial charge in [-0.05, 0) is 13.3 Å². The van der Waals surface area contributed by atoms with Gasteiger partial charge in [-0.2, -0.15) is 0 Å². The van der Waals surface area contributed by atoms with E-state index in [1.807, 2.05) is 20.8 Å². The van der Waals surface area contributed by atoms with Gasteiger partial charge in [0.05, 0.1) is 19.8 Å². The maximum atomic E-state index is 12.1. The van der Waals surface area contributed by atoms with Crippen molar-refractivity contribution >= 4 is 11.9 Å². The summed E-state index contributed by atoms with van der Waals surface area (Å²) in [7, 11) is 0. The van der Waals surface area contributed by atoms with E-state index in [0.29, 0.717) is 13.0 Å². The first-order chi connectivity index (χ1) is 9.84. The van der Waals surface area contributed by atoms with Gasteiger partial charge in [0, 0.05) is 25.0 Å². The summed E-state index contributed by atoms with van der Waals surface area (Å²) in [5, 5.41) is 2.81. The van der Waals surface area contributed by atoms with E-state index in [2.05, 4.69) is 10.2 Å². The average molecular weight is 300 g/mol. The molecule has 1 saturated heterocycles. The predicted molar refractivity (Wildman–Crippen MR) is 79.9 cm³/mol. The van der Waals surface area contributed by atoms with Crippen molar-refractivity contribution in [3.8, 4) is 0 Å². The number of rotatable bonds is 6. The van der Waals surface area contributed by atoms with Crippen molar-refractivity contribution in [2.45, 2.75) is 40.2 Å². The first kappa shape index (κ1) is 17.9. The normalized spacial score (nSPS) is 18.1. The van der Waals surface area contributed by atoms with Gasteiger partial charge in [-0.15, -0.1) is 0 Å². The summed E-state index contributed by atoms with van der Waals surface area (Å²) in [4.78, 5) is 26.3. The summed E-state index contributed by atoms with van der Waals surface area (Å²) in [6, 6.07) is -0.584. The first-order valence-electron chi connectivity index (χ1n) is 7.62. The molecule has 1 aliphatic rings. The number of carbonyl (C=O) groups is 2. The third-order valence-corrected chi connectivity index (χ3v) is 3.40. The number of esters is 1. The van der Waals surface area contributed by atoms with Crippen LogP contribution < -0.4 is 5.32 Å². The average Bonchev–Trinajstić information content (AvgIpc) is 2.43. The van der Waals surface area contributed by atoms with Crippen molar-refractivity contribution in [3.63, 3.8) is 0 Å². The van der Waals surface area contributed by atoms with Gasteiger partial charge in [-0.1, -0.05) is 20.8 Å². The SMILES string of the molecule is CCOC(=O)C(CCN1CCOCC1)NC(=O)C(C)(C)C. The topological polar surface area (TPSA) is 67.9 Å². The minimum Gasteiger partial charge on any atom is -0.464 e. The molecule has 21 heavy (non-hydrogen) atoms. The molecule has 0 spiro atoms. The third kappa shape index (κ3) is 6.44. The van der Waals surface area contributed by atoms with Gasteiger partial charge in [0.1, 0.15) is 6.04 Å². The van der Waals surface area contributed by atoms with E-state index < -0.39 is 11.5 Å². The van der Waals surface area contributed by atoms with Gasteiger partial charge in [0.25, 0.3) is 0 Å². The van der Waals surface area contributed by atoms with E-state index in [9.17, 15) is 9.59 Å². The zero-order valence-electron chi connectivity index (χ0n) is 13.6. The molecule has 0 aromatic carbocycles. The van der Waals surface area contributed by atoms with E-state index >= 15 is 0 Å². The van der Waals surface area contributed by atoms with Gasteiger partial charge in [0.15, 0.2) is 0 Å². The molecule has 1 fully saturated rings. The van der Waals surface area contributed by atoms with E-state index in [1.165, 1.54) is 0 Å². The quantitative estimate of drug-likeness (QED) is 0.735. The molecular weight excluding hydrogens is 272 g/mol. The number of nitrogens with one attached hydrogen (secondary N) is 1. The summed E-state index contributed by atoms with van der Waals surface area (Å²) >= 11 is 0. The van der Waals surface area contributed by atoms with Crippen molar-refractivity contribution < 1.29 is 19.1 Å². The molecule has 122 valence electrons. The third-order valence-electron chi connectivity index (χ3n) is 3.40. The largest absolute Gasteiger partial charge is 0.464 e. The van der Waals surface area contributed by atoms with Crippen LogP contribution in [-0.4, -0.2) is 62.3 Å². The Bertz CT molecular complexity index is 346. The van der Waals surface area contributed by atoms with Gasteiger partial charge in [-0.3, -0.25) is 9.69 Å². The molecule has 1 amide bonds. The standard InChI is InChI=1S/C15H28N2O4/c1-5-21-13(18)12(16-14(19)15(2,3)4)6-7-17-8-10-20-11-9-17/h12H,5-11H2,1-4H3,(H,16,19). The van der Waals surface area contributed by atoms with Crippen LogP contribution in [0.2, 0.25) is 0 Å². The molecule has 0 aromatic rings. The Morgan fingerprint density at radius 2 is 1.90 bits per heavy atom. The maximum Gasteiger partial charge on any atom is 0.328 e. The van der Waals surface area contributed by atoms with Gasteiger partial charge in [0.2, 0.25) is 5.91 Å². The lowest BCUT2D eigenvalue weighted by Crippen LogP contribution is -2.48. The minimum absolute atomic E-state index is 0.137. The highest BCUT2D eigenvalue weighted by Gasteiger charge is 2.28. The molecule has 1 atom stereocenters. The summed E-state index contributed by atoms with van der Waals surface area (Å²) in [6.07, 6.45) is 0.556. The van der Waals surface area contributed by atoms with Crippen LogP contribution in [0.3, 0.4) is 0 Å². The Labute approximate surface area is 127 Å². The lowest BCUT2D eigenvalue weighted by Gasteiger charge is -2.29. The second-order valence-corrected chi connectivity index (χ2v) is 6.27. The summed E-state index contributed by atoms with van der Waals surface area (Å²) in [6.45, 7) is 11.5. The second-order valence-electron chi connectivity index (χ2n) is 6.27. The molecule has 0 bridgehead atoms. The van der Waals surface area contributed by atoms with Gasteiger partial charge < -0.3 is 14.8 Å². The Morgan fingerprint density at radius 1 is 1.29 bits per heavy atom. The van der Waals surface area contributed by atoms with Crippen LogP contribution in [0.1, 0.15) is 34.1 Å². The second kappa shape index (κ2) is 8.34. The molecule has 0 aromatic heterocycles. The fourth-order valence-electron chi connectivity index (χ4n) is 2.00. The van der Waals surface area contributed by atoms with Crippen molar-refractivity contribution in [2.24, 2.45) is 5.41 Å². The number of morpholine rings is 1. The van der Waals surface area contributed by atoms with Crippen LogP contribution in [0.15, 0.2) is 0 Å². The molecule has 1 rings (SSSR count). The highest BCUT2D eigenvalue weighted by atomic mass is 16.5. The number of carbonyl (C=O) groups excluding carboxylic acids is 2. The number of nitrogens with zero attached hydrogens (tertiary/aromatic N) is 1. The van der Waals surface area contributed by atoms with Crippen molar-refractivity contribution in [2.75, 3.05) is 39.5 Å². The molecule has 0 aliphatic carbocycles. The number of hydrogen-bond acceptors (Lipinski definition) is 5. The summed E-state index contributed by atoms with van der Waals surface area (Å²) < 4.78 is 10.4. The van der Waals surface area contributed by atoms with Gasteiger partial charge in [-0.25, -0.2) is 4.79 Å². The summed E-state index contributed by atoms with van der Waals surface area (Å²) in [5.41, 5.74) is -0.524. The number of amides is 1. The first-order valence-corrected chi connectivity index (χ1v) is 7.62. The van der Waals surface area contributed by atoms with E-state index in [0.717, 1.165) is 32.8 Å². The molecule has 0 radical (unpaired) electrons. The van der Waals surface area contributed by atoms with Crippen molar-refractivity contribution in [1.29, 1.82) is 0 Å². The van der Waals surface area contributed by atoms with Crippen LogP contribution in [0.5, 0.6) is 0 Å². The van der Waals surface area contributed by atoms with Crippen molar-refractivity contribution in [3.05, 3.63) is 0 Å². The maximum absolute atomic E-state index is 12.1. The predicted octanol–water partition coefficient (Wildman–Crippen LogP) is 0.803. The molecule has 6 heteroatoms. The summed E-state index contributed by atoms with van der Waals surface area (Å²) in [5.74, 6) is -0.495. The Hall–Kier alpha value is -1.14. The Kier molecular flexibility index (Phi) is 7.11. The van der Waals surface area contributed by atoms with Crippen LogP contribution in [-0.2, 0) is 19.1 Å². The molecule has 6 nitrogen and oxygen atoms in total. The van der Waals surface area contributed by atoms with E-state index in [-0.39, 0.29) is 11.9 Å². The molecular formula is C15H28N2O4. The smallest absolute Gasteiger partial charge is 0.328 e. The molecule has 1 heterocycles. The Morgan fingerprint density at radius 3 is 2.43 bits per heavy atom. The molecule has 0 saturated carbocycles. The molecule has 1 aliphatic heterocycles. The fraction of sp³-hybridized carbons (Fsp3) is 0.867. The highest BCUT2D eigenvalue weighted by Crippen LogP contribution is 2.14.